The summed E-state index contributed by atoms with van der Waals surface area (Å²) in [6, 6.07) is 8.29. The van der Waals surface area contributed by atoms with Gasteiger partial charge in [-0.25, -0.2) is 0 Å². The predicted octanol–water partition coefficient (Wildman–Crippen LogP) is 2.42. The largest absolute Gasteiger partial charge is 0.322 e. The highest BCUT2D eigenvalue weighted by molar-refractivity contribution is 7.98. The van der Waals surface area contributed by atoms with Gasteiger partial charge in [0.25, 0.3) is 0 Å². The summed E-state index contributed by atoms with van der Waals surface area (Å²) in [6.07, 6.45) is 2.15. The highest BCUT2D eigenvalue weighted by Gasteiger charge is 2.32. The summed E-state index contributed by atoms with van der Waals surface area (Å²) < 4.78 is 0. The molecule has 1 aromatic rings. The minimum absolute atomic E-state index is 0.0398. The molecule has 1 N–H and O–H groups in total. The van der Waals surface area contributed by atoms with E-state index in [9.17, 15) is 4.79 Å². The molecule has 2 atom stereocenters. The van der Waals surface area contributed by atoms with E-state index in [1.54, 1.807) is 0 Å². The Morgan fingerprint density at radius 1 is 1.47 bits per heavy atom. The molecule has 0 saturated carbocycles. The van der Waals surface area contributed by atoms with Crippen molar-refractivity contribution in [3.05, 3.63) is 35.4 Å². The van der Waals surface area contributed by atoms with Crippen molar-refractivity contribution in [1.82, 2.24) is 10.2 Å². The van der Waals surface area contributed by atoms with Gasteiger partial charge in [-0.3, -0.25) is 10.1 Å². The highest BCUT2D eigenvalue weighted by Crippen LogP contribution is 2.26. The molecule has 4 heteroatoms. The first-order valence-corrected chi connectivity index (χ1v) is 8.10. The fourth-order valence-electron chi connectivity index (χ4n) is 2.59. The lowest BCUT2D eigenvalue weighted by Crippen LogP contribution is -2.35. The quantitative estimate of drug-likeness (QED) is 0.898. The van der Waals surface area contributed by atoms with Crippen molar-refractivity contribution in [2.75, 3.05) is 25.1 Å². The van der Waals surface area contributed by atoms with E-state index in [1.807, 2.05) is 28.8 Å². The van der Waals surface area contributed by atoms with Gasteiger partial charge in [0.15, 0.2) is 0 Å². The first-order valence-electron chi connectivity index (χ1n) is 6.70. The summed E-state index contributed by atoms with van der Waals surface area (Å²) in [7, 11) is 0. The monoisotopic (exact) mass is 278 g/mol. The minimum Gasteiger partial charge on any atom is -0.322 e. The second-order valence-corrected chi connectivity index (χ2v) is 6.16. The zero-order valence-corrected chi connectivity index (χ0v) is 12.7. The first-order chi connectivity index (χ1) is 9.13. The third-order valence-electron chi connectivity index (χ3n) is 3.52. The Kier molecular flexibility index (Phi) is 4.88. The van der Waals surface area contributed by atoms with Crippen LogP contribution in [0.4, 0.5) is 0 Å². The molecular formula is C15H22N2OS. The molecule has 19 heavy (non-hydrogen) atoms. The fourth-order valence-corrected chi connectivity index (χ4v) is 3.27. The number of amides is 1. The summed E-state index contributed by atoms with van der Waals surface area (Å²) >= 11 is 1.84. The zero-order valence-electron chi connectivity index (χ0n) is 11.8. The Labute approximate surface area is 119 Å². The van der Waals surface area contributed by atoms with Crippen LogP contribution < -0.4 is 5.32 Å². The normalized spacial score (nSPS) is 20.9. The average Bonchev–Trinajstić information content (AvgIpc) is 2.72. The molecule has 1 aliphatic rings. The van der Waals surface area contributed by atoms with Gasteiger partial charge in [-0.15, -0.1) is 0 Å². The molecule has 0 radical (unpaired) electrons. The average molecular weight is 278 g/mol. The standard InChI is InChI=1S/C15H22N2OS/c1-11(10-19-3)9-17-14(18)8-16-15(17)13-7-5-4-6-12(13)2/h4-7,11,15-16H,8-10H2,1-3H3. The van der Waals surface area contributed by atoms with Crippen LogP contribution in [0.5, 0.6) is 0 Å². The fraction of sp³-hybridized carbons (Fsp3) is 0.533. The van der Waals surface area contributed by atoms with E-state index in [0.717, 1.165) is 12.3 Å². The maximum absolute atomic E-state index is 12.1. The van der Waals surface area contributed by atoms with Gasteiger partial charge < -0.3 is 4.90 Å². The Morgan fingerprint density at radius 3 is 2.89 bits per heavy atom. The number of carbonyl (C=O) groups is 1. The molecule has 0 aliphatic carbocycles. The number of hydrogen-bond donors (Lipinski definition) is 1. The third kappa shape index (κ3) is 3.31. The lowest BCUT2D eigenvalue weighted by molar-refractivity contribution is -0.128. The van der Waals surface area contributed by atoms with E-state index in [0.29, 0.717) is 12.5 Å². The van der Waals surface area contributed by atoms with Gasteiger partial charge in [0.05, 0.1) is 6.54 Å². The van der Waals surface area contributed by atoms with Crippen molar-refractivity contribution in [3.63, 3.8) is 0 Å². The van der Waals surface area contributed by atoms with E-state index in [1.165, 1.54) is 11.1 Å². The smallest absolute Gasteiger partial charge is 0.238 e. The van der Waals surface area contributed by atoms with Crippen LogP contribution in [0, 0.1) is 12.8 Å². The summed E-state index contributed by atoms with van der Waals surface area (Å²) in [4.78, 5) is 14.1. The molecule has 1 amide bonds. The highest BCUT2D eigenvalue weighted by atomic mass is 32.2. The maximum atomic E-state index is 12.1. The number of rotatable bonds is 5. The van der Waals surface area contributed by atoms with Crippen LogP contribution >= 0.6 is 11.8 Å². The second-order valence-electron chi connectivity index (χ2n) is 5.25. The van der Waals surface area contributed by atoms with Crippen LogP contribution in [0.3, 0.4) is 0 Å². The van der Waals surface area contributed by atoms with E-state index in [4.69, 9.17) is 0 Å². The van der Waals surface area contributed by atoms with Crippen molar-refractivity contribution in [2.45, 2.75) is 20.0 Å². The van der Waals surface area contributed by atoms with E-state index >= 15 is 0 Å². The number of benzene rings is 1. The van der Waals surface area contributed by atoms with Crippen LogP contribution in [-0.2, 0) is 4.79 Å². The van der Waals surface area contributed by atoms with Crippen molar-refractivity contribution >= 4 is 17.7 Å². The van der Waals surface area contributed by atoms with Gasteiger partial charge in [0.1, 0.15) is 6.17 Å². The molecule has 2 unspecified atom stereocenters. The third-order valence-corrected chi connectivity index (χ3v) is 4.42. The topological polar surface area (TPSA) is 32.3 Å². The molecule has 0 bridgehead atoms. The molecule has 1 saturated heterocycles. The van der Waals surface area contributed by atoms with Gasteiger partial charge >= 0.3 is 0 Å². The number of hydrogen-bond acceptors (Lipinski definition) is 3. The summed E-state index contributed by atoms with van der Waals surface area (Å²) in [5.41, 5.74) is 2.45. The molecule has 104 valence electrons. The van der Waals surface area contributed by atoms with Gasteiger partial charge in [0.2, 0.25) is 5.91 Å². The number of aryl methyl sites for hydroxylation is 1. The van der Waals surface area contributed by atoms with Crippen molar-refractivity contribution in [3.8, 4) is 0 Å². The molecule has 1 aliphatic heterocycles. The zero-order chi connectivity index (χ0) is 13.8. The molecule has 1 heterocycles. The lowest BCUT2D eigenvalue weighted by Gasteiger charge is -2.28. The number of nitrogens with one attached hydrogen (secondary N) is 1. The van der Waals surface area contributed by atoms with E-state index in [2.05, 4.69) is 37.6 Å². The lowest BCUT2D eigenvalue weighted by atomic mass is 10.1. The van der Waals surface area contributed by atoms with Crippen molar-refractivity contribution < 1.29 is 4.79 Å². The molecule has 1 fully saturated rings. The first kappa shape index (κ1) is 14.4. The van der Waals surface area contributed by atoms with Crippen LogP contribution in [0.15, 0.2) is 24.3 Å². The maximum Gasteiger partial charge on any atom is 0.238 e. The van der Waals surface area contributed by atoms with Crippen LogP contribution in [0.1, 0.15) is 24.2 Å². The Hall–Kier alpha value is -1.00. The molecule has 3 nitrogen and oxygen atoms in total. The van der Waals surface area contributed by atoms with Crippen LogP contribution in [0.25, 0.3) is 0 Å². The summed E-state index contributed by atoms with van der Waals surface area (Å²) in [5, 5.41) is 3.33. The van der Waals surface area contributed by atoms with Gasteiger partial charge in [-0.1, -0.05) is 31.2 Å². The van der Waals surface area contributed by atoms with Gasteiger partial charge in [0, 0.05) is 6.54 Å². The van der Waals surface area contributed by atoms with Crippen LogP contribution in [0.2, 0.25) is 0 Å². The second kappa shape index (κ2) is 6.44. The SMILES string of the molecule is CSCC(C)CN1C(=O)CNC1c1ccccc1C. The Balaban J connectivity index is 2.15. The predicted molar refractivity (Wildman–Crippen MR) is 81.2 cm³/mol. The number of carbonyl (C=O) groups excluding carboxylic acids is 1. The van der Waals surface area contributed by atoms with Gasteiger partial charge in [-0.2, -0.15) is 11.8 Å². The van der Waals surface area contributed by atoms with Crippen LogP contribution in [-0.4, -0.2) is 35.9 Å². The molecule has 0 spiro atoms. The number of thioether (sulfide) groups is 1. The van der Waals surface area contributed by atoms with E-state index in [-0.39, 0.29) is 12.1 Å². The summed E-state index contributed by atoms with van der Waals surface area (Å²) in [6.45, 7) is 5.58. The molecule has 2 rings (SSSR count). The number of nitrogens with zero attached hydrogens (tertiary/aromatic N) is 1. The molecular weight excluding hydrogens is 256 g/mol. The Morgan fingerprint density at radius 2 is 2.21 bits per heavy atom. The van der Waals surface area contributed by atoms with E-state index < -0.39 is 0 Å². The van der Waals surface area contributed by atoms with Crippen molar-refractivity contribution in [1.29, 1.82) is 0 Å². The molecule has 0 aromatic heterocycles. The minimum atomic E-state index is 0.0398. The molecule has 1 aromatic carbocycles. The van der Waals surface area contributed by atoms with Gasteiger partial charge in [-0.05, 0) is 36.0 Å². The summed E-state index contributed by atoms with van der Waals surface area (Å²) in [5.74, 6) is 1.82. The Bertz CT molecular complexity index is 450. The van der Waals surface area contributed by atoms with Crippen molar-refractivity contribution in [2.24, 2.45) is 5.92 Å².